The molecule has 0 atom stereocenters. The molecule has 2 fully saturated rings. The third-order valence-electron chi connectivity index (χ3n) is 4.69. The van der Waals surface area contributed by atoms with Crippen molar-refractivity contribution in [3.8, 4) is 0 Å². The number of nitrogens with zero attached hydrogens (tertiary/aromatic N) is 3. The Morgan fingerprint density at radius 1 is 1.04 bits per heavy atom. The summed E-state index contributed by atoms with van der Waals surface area (Å²) in [6.45, 7) is 1.96. The third kappa shape index (κ3) is 3.93. The molecule has 24 heavy (non-hydrogen) atoms. The number of nitrogens with one attached hydrogen (secondary N) is 2. The molecule has 3 amide bonds. The zero-order valence-electron chi connectivity index (χ0n) is 13.7. The standard InChI is InChI=1S/C16H23N5O3/c22-14-7-6-13(18-19-14)15(23)20-8-10-21(11-9-20)16(24)17-12-4-2-1-3-5-12/h6-7,12H,1-5,8-11H2,(H,17,24)(H,19,22). The first-order valence-electron chi connectivity index (χ1n) is 8.54. The van der Waals surface area contributed by atoms with E-state index in [1.165, 1.54) is 31.4 Å². The van der Waals surface area contributed by atoms with Gasteiger partial charge in [0.25, 0.3) is 11.5 Å². The molecule has 130 valence electrons. The van der Waals surface area contributed by atoms with Gasteiger partial charge in [0.1, 0.15) is 5.69 Å². The van der Waals surface area contributed by atoms with Crippen molar-refractivity contribution in [3.05, 3.63) is 28.2 Å². The molecule has 2 aliphatic rings. The van der Waals surface area contributed by atoms with Crippen LogP contribution in [0.2, 0.25) is 0 Å². The van der Waals surface area contributed by atoms with E-state index in [0.717, 1.165) is 12.8 Å². The molecular formula is C16H23N5O3. The average molecular weight is 333 g/mol. The number of urea groups is 1. The molecule has 0 spiro atoms. The first-order valence-corrected chi connectivity index (χ1v) is 8.54. The van der Waals surface area contributed by atoms with Crippen LogP contribution in [0.5, 0.6) is 0 Å². The maximum absolute atomic E-state index is 12.3. The number of carbonyl (C=O) groups excluding carboxylic acids is 2. The number of aromatic nitrogens is 2. The van der Waals surface area contributed by atoms with E-state index < -0.39 is 0 Å². The Hall–Kier alpha value is -2.38. The molecule has 1 saturated heterocycles. The smallest absolute Gasteiger partial charge is 0.317 e. The second-order valence-electron chi connectivity index (χ2n) is 6.37. The normalized spacial score (nSPS) is 19.2. The minimum absolute atomic E-state index is 0.0313. The Bertz CT molecular complexity index is 625. The van der Waals surface area contributed by atoms with Crippen molar-refractivity contribution < 1.29 is 9.59 Å². The van der Waals surface area contributed by atoms with Crippen LogP contribution in [0.25, 0.3) is 0 Å². The molecule has 1 aliphatic heterocycles. The largest absolute Gasteiger partial charge is 0.335 e. The predicted molar refractivity (Wildman–Crippen MR) is 87.7 cm³/mol. The minimum Gasteiger partial charge on any atom is -0.335 e. The van der Waals surface area contributed by atoms with Gasteiger partial charge in [0, 0.05) is 38.3 Å². The fraction of sp³-hybridized carbons (Fsp3) is 0.625. The van der Waals surface area contributed by atoms with Gasteiger partial charge in [-0.3, -0.25) is 9.59 Å². The van der Waals surface area contributed by atoms with Crippen LogP contribution < -0.4 is 10.9 Å². The van der Waals surface area contributed by atoms with Crippen molar-refractivity contribution in [3.63, 3.8) is 0 Å². The van der Waals surface area contributed by atoms with Crippen molar-refractivity contribution >= 4 is 11.9 Å². The summed E-state index contributed by atoms with van der Waals surface area (Å²) in [6, 6.07) is 2.96. The van der Waals surface area contributed by atoms with E-state index in [0.29, 0.717) is 26.2 Å². The topological polar surface area (TPSA) is 98.4 Å². The minimum atomic E-state index is -0.337. The number of rotatable bonds is 2. The lowest BCUT2D eigenvalue weighted by atomic mass is 9.96. The van der Waals surface area contributed by atoms with Crippen LogP contribution >= 0.6 is 0 Å². The highest BCUT2D eigenvalue weighted by molar-refractivity contribution is 5.92. The predicted octanol–water partition coefficient (Wildman–Crippen LogP) is 0.570. The summed E-state index contributed by atoms with van der Waals surface area (Å²) in [5.74, 6) is -0.224. The Morgan fingerprint density at radius 3 is 2.33 bits per heavy atom. The number of hydrogen-bond donors (Lipinski definition) is 2. The highest BCUT2D eigenvalue weighted by Crippen LogP contribution is 2.17. The van der Waals surface area contributed by atoms with E-state index in [-0.39, 0.29) is 29.2 Å². The van der Waals surface area contributed by atoms with Crippen molar-refractivity contribution in [2.24, 2.45) is 0 Å². The summed E-state index contributed by atoms with van der Waals surface area (Å²) < 4.78 is 0. The van der Waals surface area contributed by atoms with Crippen molar-refractivity contribution in [2.75, 3.05) is 26.2 Å². The first kappa shape index (κ1) is 16.5. The number of carbonyl (C=O) groups is 2. The van der Waals surface area contributed by atoms with E-state index in [9.17, 15) is 14.4 Å². The van der Waals surface area contributed by atoms with Gasteiger partial charge in [-0.1, -0.05) is 19.3 Å². The molecule has 1 aromatic heterocycles. The van der Waals surface area contributed by atoms with Gasteiger partial charge in [-0.05, 0) is 18.9 Å². The van der Waals surface area contributed by atoms with E-state index in [4.69, 9.17) is 0 Å². The van der Waals surface area contributed by atoms with Crippen molar-refractivity contribution in [1.29, 1.82) is 0 Å². The molecule has 0 bridgehead atoms. The van der Waals surface area contributed by atoms with Crippen LogP contribution in [-0.2, 0) is 0 Å². The number of piperazine rings is 1. The van der Waals surface area contributed by atoms with Crippen molar-refractivity contribution in [1.82, 2.24) is 25.3 Å². The second-order valence-corrected chi connectivity index (χ2v) is 6.37. The number of hydrogen-bond acceptors (Lipinski definition) is 4. The molecule has 1 saturated carbocycles. The summed E-state index contributed by atoms with van der Waals surface area (Å²) in [4.78, 5) is 39.1. The van der Waals surface area contributed by atoms with E-state index in [2.05, 4.69) is 15.5 Å². The SMILES string of the molecule is O=C(NC1CCCCC1)N1CCN(C(=O)c2ccc(=O)[nH]n2)CC1. The molecule has 1 aliphatic carbocycles. The molecule has 1 aromatic rings. The maximum Gasteiger partial charge on any atom is 0.317 e. The van der Waals surface area contributed by atoms with Crippen LogP contribution in [0.1, 0.15) is 42.6 Å². The van der Waals surface area contributed by atoms with Gasteiger partial charge >= 0.3 is 6.03 Å². The molecule has 0 aromatic carbocycles. The lowest BCUT2D eigenvalue weighted by Crippen LogP contribution is -2.54. The number of aromatic amines is 1. The van der Waals surface area contributed by atoms with Gasteiger partial charge in [-0.15, -0.1) is 0 Å². The molecule has 8 nitrogen and oxygen atoms in total. The maximum atomic E-state index is 12.3. The van der Waals surface area contributed by atoms with Crippen LogP contribution in [0, 0.1) is 0 Å². The molecule has 0 radical (unpaired) electrons. The fourth-order valence-corrected chi connectivity index (χ4v) is 3.25. The van der Waals surface area contributed by atoms with Crippen LogP contribution in [0.15, 0.2) is 16.9 Å². The molecule has 2 N–H and O–H groups in total. The molecule has 3 rings (SSSR count). The Morgan fingerprint density at radius 2 is 1.71 bits per heavy atom. The molecule has 8 heteroatoms. The molecule has 0 unspecified atom stereocenters. The summed E-state index contributed by atoms with van der Waals surface area (Å²) in [5.41, 5.74) is -0.120. The Labute approximate surface area is 140 Å². The van der Waals surface area contributed by atoms with E-state index >= 15 is 0 Å². The van der Waals surface area contributed by atoms with Crippen LogP contribution in [0.4, 0.5) is 4.79 Å². The van der Waals surface area contributed by atoms with Crippen LogP contribution in [-0.4, -0.2) is 64.2 Å². The average Bonchev–Trinajstić information content (AvgIpc) is 2.63. The van der Waals surface area contributed by atoms with Crippen LogP contribution in [0.3, 0.4) is 0 Å². The van der Waals surface area contributed by atoms with Crippen molar-refractivity contribution in [2.45, 2.75) is 38.1 Å². The third-order valence-corrected chi connectivity index (χ3v) is 4.69. The van der Waals surface area contributed by atoms with Gasteiger partial charge in [0.2, 0.25) is 0 Å². The summed E-state index contributed by atoms with van der Waals surface area (Å²) in [7, 11) is 0. The van der Waals surface area contributed by atoms with Gasteiger partial charge in [-0.25, -0.2) is 9.89 Å². The zero-order valence-corrected chi connectivity index (χ0v) is 13.7. The van der Waals surface area contributed by atoms with Gasteiger partial charge in [0.15, 0.2) is 0 Å². The summed E-state index contributed by atoms with van der Waals surface area (Å²) >= 11 is 0. The molecule has 2 heterocycles. The molecular weight excluding hydrogens is 310 g/mol. The summed E-state index contributed by atoms with van der Waals surface area (Å²) in [6.07, 6.45) is 5.73. The van der Waals surface area contributed by atoms with Gasteiger partial charge in [-0.2, -0.15) is 5.10 Å². The Kier molecular flexibility index (Phi) is 5.12. The van der Waals surface area contributed by atoms with E-state index in [1.54, 1.807) is 9.80 Å². The quantitative estimate of drug-likeness (QED) is 0.826. The monoisotopic (exact) mass is 333 g/mol. The number of amides is 3. The lowest BCUT2D eigenvalue weighted by molar-refractivity contribution is 0.0655. The zero-order chi connectivity index (χ0) is 16.9. The summed E-state index contributed by atoms with van der Waals surface area (Å²) in [5, 5.41) is 9.13. The van der Waals surface area contributed by atoms with Gasteiger partial charge in [0.05, 0.1) is 0 Å². The highest BCUT2D eigenvalue weighted by atomic mass is 16.2. The Balaban J connectivity index is 1.49. The lowest BCUT2D eigenvalue weighted by Gasteiger charge is -2.35. The van der Waals surface area contributed by atoms with Gasteiger partial charge < -0.3 is 15.1 Å². The highest BCUT2D eigenvalue weighted by Gasteiger charge is 2.27. The number of H-pyrrole nitrogens is 1. The van der Waals surface area contributed by atoms with E-state index in [1.807, 2.05) is 0 Å². The second kappa shape index (κ2) is 7.46. The fourth-order valence-electron chi connectivity index (χ4n) is 3.25. The first-order chi connectivity index (χ1) is 11.6.